The predicted molar refractivity (Wildman–Crippen MR) is 69.4 cm³/mol. The number of hydrogen-bond donors (Lipinski definition) is 1. The number of fused-ring (bicyclic) bond motifs is 1. The van der Waals surface area contributed by atoms with Crippen LogP contribution in [-0.4, -0.2) is 24.0 Å². The summed E-state index contributed by atoms with van der Waals surface area (Å²) in [6.07, 6.45) is 11.0. The highest BCUT2D eigenvalue weighted by Gasteiger charge is 2.04. The van der Waals surface area contributed by atoms with Gasteiger partial charge in [0.05, 0.1) is 0 Å². The second kappa shape index (κ2) is 4.71. The predicted octanol–water partition coefficient (Wildman–Crippen LogP) is 1.38. The van der Waals surface area contributed by atoms with Crippen LogP contribution in [0.25, 0.3) is 11.6 Å². The van der Waals surface area contributed by atoms with Gasteiger partial charge in [-0.25, -0.2) is 0 Å². The minimum Gasteiger partial charge on any atom is -0.361 e. The van der Waals surface area contributed by atoms with E-state index >= 15 is 0 Å². The maximum atomic E-state index is 3.38. The first-order chi connectivity index (χ1) is 7.68. The molecule has 1 aromatic heterocycles. The fraction of sp³-hybridized carbons (Fsp3) is 0.429. The molecule has 0 bridgehead atoms. The Bertz CT molecular complexity index is 503. The molecule has 1 aliphatic rings. The van der Waals surface area contributed by atoms with Gasteiger partial charge in [0, 0.05) is 23.3 Å². The third-order valence-corrected chi connectivity index (χ3v) is 2.99. The maximum absolute atomic E-state index is 3.38. The van der Waals surface area contributed by atoms with Gasteiger partial charge in [0.25, 0.3) is 0 Å². The molecule has 2 heteroatoms. The Balaban J connectivity index is 2.60. The lowest BCUT2D eigenvalue weighted by Crippen LogP contribution is -2.29. The Morgan fingerprint density at radius 3 is 2.94 bits per heavy atom. The van der Waals surface area contributed by atoms with E-state index in [-0.39, 0.29) is 0 Å². The largest absolute Gasteiger partial charge is 0.361 e. The second-order valence-electron chi connectivity index (χ2n) is 4.75. The third kappa shape index (κ3) is 2.27. The molecule has 86 valence electrons. The van der Waals surface area contributed by atoms with Crippen LogP contribution in [0.3, 0.4) is 0 Å². The van der Waals surface area contributed by atoms with Crippen LogP contribution in [0.5, 0.6) is 0 Å². The van der Waals surface area contributed by atoms with Crippen LogP contribution in [-0.2, 0) is 6.54 Å². The summed E-state index contributed by atoms with van der Waals surface area (Å²) in [5.41, 5.74) is 2.90. The van der Waals surface area contributed by atoms with E-state index in [1.54, 1.807) is 0 Å². The summed E-state index contributed by atoms with van der Waals surface area (Å²) >= 11 is 0. The van der Waals surface area contributed by atoms with E-state index in [0.29, 0.717) is 0 Å². The fourth-order valence-corrected chi connectivity index (χ4v) is 2.27. The van der Waals surface area contributed by atoms with E-state index in [2.05, 4.69) is 55.3 Å². The molecule has 0 atom stereocenters. The van der Waals surface area contributed by atoms with Crippen LogP contribution in [0, 0.1) is 0 Å². The molecule has 0 saturated heterocycles. The molecular formula is C14H20N2. The molecule has 0 unspecified atom stereocenters. The van der Waals surface area contributed by atoms with Crippen molar-refractivity contribution in [1.82, 2.24) is 9.88 Å². The van der Waals surface area contributed by atoms with E-state index in [0.717, 1.165) is 19.4 Å². The number of allylic oxidation sites excluding steroid dienone is 2. The van der Waals surface area contributed by atoms with E-state index in [1.807, 2.05) is 0 Å². The van der Waals surface area contributed by atoms with Crippen molar-refractivity contribution in [3.63, 3.8) is 0 Å². The van der Waals surface area contributed by atoms with Crippen molar-refractivity contribution in [3.8, 4) is 0 Å². The Labute approximate surface area is 97.0 Å². The first-order valence-electron chi connectivity index (χ1n) is 5.86. The summed E-state index contributed by atoms with van der Waals surface area (Å²) in [6.45, 7) is 3.25. The third-order valence-electron chi connectivity index (χ3n) is 2.99. The van der Waals surface area contributed by atoms with Crippen LogP contribution < -0.4 is 10.6 Å². The second-order valence-corrected chi connectivity index (χ2v) is 4.75. The topological polar surface area (TPSA) is 19.0 Å². The van der Waals surface area contributed by atoms with Crippen molar-refractivity contribution >= 4 is 11.6 Å². The molecule has 2 nitrogen and oxygen atoms in total. The highest BCUT2D eigenvalue weighted by atomic mass is 15.0. The number of aromatic nitrogens is 1. The first kappa shape index (κ1) is 11.2. The molecule has 0 saturated carbocycles. The molecule has 1 aromatic rings. The molecule has 0 aliphatic heterocycles. The molecule has 0 fully saturated rings. The zero-order valence-corrected chi connectivity index (χ0v) is 10.4. The molecule has 0 aromatic carbocycles. The van der Waals surface area contributed by atoms with Gasteiger partial charge in [0.2, 0.25) is 0 Å². The minimum atomic E-state index is 1.00. The smallest absolute Gasteiger partial charge is 0.0456 e. The maximum Gasteiger partial charge on any atom is 0.0456 e. The molecule has 0 radical (unpaired) electrons. The standard InChI is InChI=1S/C14H20N2/c1-11-7-5-4-6-8-13-14(11)12(9-15-13)10-16(2)3/h4,6,8-9,15H,5,7,10H2,1-3H3/b6-4-,13-8+,14-11+. The SMILES string of the molecule is C/C1=c2/c(CN(C)C)c[nH]/c2=C/C=C\CC1. The normalized spacial score (nSPS) is 23.1. The average Bonchev–Trinajstić information content (AvgIpc) is 2.55. The van der Waals surface area contributed by atoms with Crippen LogP contribution in [0.4, 0.5) is 0 Å². The van der Waals surface area contributed by atoms with Crippen LogP contribution in [0.15, 0.2) is 18.3 Å². The van der Waals surface area contributed by atoms with Gasteiger partial charge >= 0.3 is 0 Å². The summed E-state index contributed by atoms with van der Waals surface area (Å²) in [4.78, 5) is 5.59. The molecular weight excluding hydrogens is 196 g/mol. The van der Waals surface area contributed by atoms with Gasteiger partial charge in [0.15, 0.2) is 0 Å². The van der Waals surface area contributed by atoms with Gasteiger partial charge in [-0.3, -0.25) is 0 Å². The number of nitrogens with zero attached hydrogens (tertiary/aromatic N) is 1. The molecule has 1 N–H and O–H groups in total. The zero-order chi connectivity index (χ0) is 11.5. The van der Waals surface area contributed by atoms with Gasteiger partial charge in [-0.1, -0.05) is 17.7 Å². The lowest BCUT2D eigenvalue weighted by atomic mass is 10.0. The summed E-state index contributed by atoms with van der Waals surface area (Å²) in [5.74, 6) is 0. The van der Waals surface area contributed by atoms with Crippen molar-refractivity contribution < 1.29 is 0 Å². The highest BCUT2D eigenvalue weighted by Crippen LogP contribution is 2.06. The van der Waals surface area contributed by atoms with Gasteiger partial charge in [0.1, 0.15) is 0 Å². The van der Waals surface area contributed by atoms with Crippen molar-refractivity contribution in [1.29, 1.82) is 0 Å². The van der Waals surface area contributed by atoms with Crippen LogP contribution in [0.1, 0.15) is 25.3 Å². The van der Waals surface area contributed by atoms with E-state index < -0.39 is 0 Å². The monoisotopic (exact) mass is 216 g/mol. The quantitative estimate of drug-likeness (QED) is 0.791. The molecule has 2 rings (SSSR count). The molecule has 1 aliphatic carbocycles. The summed E-state index contributed by atoms with van der Waals surface area (Å²) in [5, 5.41) is 2.68. The molecule has 0 amide bonds. The Hall–Kier alpha value is -1.28. The lowest BCUT2D eigenvalue weighted by molar-refractivity contribution is 0.401. The Morgan fingerprint density at radius 1 is 1.38 bits per heavy atom. The number of aromatic amines is 1. The zero-order valence-electron chi connectivity index (χ0n) is 10.4. The van der Waals surface area contributed by atoms with E-state index in [9.17, 15) is 0 Å². The summed E-state index contributed by atoms with van der Waals surface area (Å²) < 4.78 is 0. The van der Waals surface area contributed by atoms with Gasteiger partial charge < -0.3 is 9.88 Å². The van der Waals surface area contributed by atoms with E-state index in [4.69, 9.17) is 0 Å². The number of rotatable bonds is 2. The molecule has 16 heavy (non-hydrogen) atoms. The van der Waals surface area contributed by atoms with Crippen molar-refractivity contribution in [2.24, 2.45) is 0 Å². The number of H-pyrrole nitrogens is 1. The fourth-order valence-electron chi connectivity index (χ4n) is 2.27. The summed E-state index contributed by atoms with van der Waals surface area (Å²) in [7, 11) is 4.22. The number of hydrogen-bond acceptors (Lipinski definition) is 1. The van der Waals surface area contributed by atoms with Crippen molar-refractivity contribution in [2.45, 2.75) is 26.3 Å². The van der Waals surface area contributed by atoms with E-state index in [1.165, 1.54) is 21.7 Å². The summed E-state index contributed by atoms with van der Waals surface area (Å²) in [6, 6.07) is 0. The van der Waals surface area contributed by atoms with Crippen LogP contribution in [0.2, 0.25) is 0 Å². The number of nitrogens with one attached hydrogen (secondary N) is 1. The van der Waals surface area contributed by atoms with Gasteiger partial charge in [-0.05, 0) is 45.5 Å². The van der Waals surface area contributed by atoms with Crippen LogP contribution >= 0.6 is 0 Å². The van der Waals surface area contributed by atoms with Crippen molar-refractivity contribution in [3.05, 3.63) is 34.5 Å². The van der Waals surface area contributed by atoms with Gasteiger partial charge in [-0.2, -0.15) is 0 Å². The minimum absolute atomic E-state index is 1.00. The molecule has 0 spiro atoms. The Morgan fingerprint density at radius 2 is 2.19 bits per heavy atom. The first-order valence-corrected chi connectivity index (χ1v) is 5.86. The average molecular weight is 216 g/mol. The van der Waals surface area contributed by atoms with Crippen molar-refractivity contribution in [2.75, 3.05) is 14.1 Å². The molecule has 1 heterocycles. The Kier molecular flexibility index (Phi) is 3.30. The highest BCUT2D eigenvalue weighted by molar-refractivity contribution is 5.49. The van der Waals surface area contributed by atoms with Gasteiger partial charge in [-0.15, -0.1) is 0 Å². The lowest BCUT2D eigenvalue weighted by Gasteiger charge is -2.09.